The molecule has 0 spiro atoms. The topological polar surface area (TPSA) is 96.0 Å². The van der Waals surface area contributed by atoms with Crippen molar-refractivity contribution in [3.63, 3.8) is 0 Å². The number of rotatable bonds is 6. The van der Waals surface area contributed by atoms with Gasteiger partial charge in [-0.1, -0.05) is 6.07 Å². The van der Waals surface area contributed by atoms with Crippen molar-refractivity contribution in [3.05, 3.63) is 87.2 Å². The van der Waals surface area contributed by atoms with E-state index in [4.69, 9.17) is 4.42 Å². The lowest BCUT2D eigenvalue weighted by atomic mass is 10.0. The Morgan fingerprint density at radius 2 is 2.00 bits per heavy atom. The molecule has 1 aromatic carbocycles. The van der Waals surface area contributed by atoms with Crippen LogP contribution in [0, 0.1) is 11.6 Å². The van der Waals surface area contributed by atoms with E-state index in [2.05, 4.69) is 0 Å². The third-order valence-electron chi connectivity index (χ3n) is 5.29. The molecule has 1 aliphatic rings. The molecule has 0 aliphatic carbocycles. The predicted octanol–water partition coefficient (Wildman–Crippen LogP) is 2.42. The zero-order chi connectivity index (χ0) is 23.0. The van der Waals surface area contributed by atoms with E-state index in [1.54, 1.807) is 18.1 Å². The summed E-state index contributed by atoms with van der Waals surface area (Å²) >= 11 is 0. The molecular weight excluding hydrogens is 424 g/mol. The second-order valence-electron chi connectivity index (χ2n) is 7.51. The average Bonchev–Trinajstić information content (AvgIpc) is 3.26. The standard InChI is InChI=1S/C22H19F2N3O5/c1-25-12-26(9-13-6-7-32-11-13)22(31)19-21(30)20(29)16(10-27(19)25)18(28)5-3-14-2-4-15(23)8-17(14)24/h2,4,6-8,10-11,30H,3,5,9,12H2,1H3. The van der Waals surface area contributed by atoms with Gasteiger partial charge >= 0.3 is 0 Å². The van der Waals surface area contributed by atoms with Crippen LogP contribution in [-0.4, -0.2) is 40.1 Å². The van der Waals surface area contributed by atoms with Crippen LogP contribution in [0.1, 0.15) is 38.4 Å². The van der Waals surface area contributed by atoms with Gasteiger partial charge in [-0.15, -0.1) is 0 Å². The SMILES string of the molecule is CN1CN(Cc2ccoc2)C(=O)c2c(O)c(=O)c(C(=O)CCc3ccc(F)cc3F)cn21. The van der Waals surface area contributed by atoms with Gasteiger partial charge in [0.05, 0.1) is 24.6 Å². The smallest absolute Gasteiger partial charge is 0.278 e. The molecule has 0 unspecified atom stereocenters. The predicted molar refractivity (Wildman–Crippen MR) is 109 cm³/mol. The molecule has 4 rings (SSSR count). The number of halogens is 2. The first-order valence-electron chi connectivity index (χ1n) is 9.73. The Labute approximate surface area is 180 Å². The molecule has 1 aliphatic heterocycles. The first-order chi connectivity index (χ1) is 15.3. The molecular formula is C22H19F2N3O5. The fraction of sp³-hybridized carbons (Fsp3) is 0.227. The molecule has 0 bridgehead atoms. The van der Waals surface area contributed by atoms with E-state index in [1.807, 2.05) is 0 Å². The minimum atomic E-state index is -0.979. The van der Waals surface area contributed by atoms with Gasteiger partial charge in [0.1, 0.15) is 18.3 Å². The normalized spacial score (nSPS) is 13.4. The number of carbonyl (C=O) groups excluding carboxylic acids is 2. The highest BCUT2D eigenvalue weighted by Gasteiger charge is 2.33. The number of Topliss-reactive ketones (excluding diaryl/α,β-unsaturated/α-hetero) is 1. The molecule has 166 valence electrons. The largest absolute Gasteiger partial charge is 0.502 e. The van der Waals surface area contributed by atoms with Gasteiger partial charge in [-0.25, -0.2) is 8.78 Å². The minimum Gasteiger partial charge on any atom is -0.502 e. The van der Waals surface area contributed by atoms with Crippen LogP contribution in [0.3, 0.4) is 0 Å². The van der Waals surface area contributed by atoms with Crippen LogP contribution < -0.4 is 10.4 Å². The molecule has 1 N–H and O–H groups in total. The molecule has 0 atom stereocenters. The monoisotopic (exact) mass is 443 g/mol. The quantitative estimate of drug-likeness (QED) is 0.588. The average molecular weight is 443 g/mol. The number of aryl methyl sites for hydroxylation is 1. The van der Waals surface area contributed by atoms with E-state index in [9.17, 15) is 28.3 Å². The van der Waals surface area contributed by atoms with E-state index in [-0.39, 0.29) is 42.9 Å². The summed E-state index contributed by atoms with van der Waals surface area (Å²) in [6, 6.07) is 4.73. The first kappa shape index (κ1) is 21.3. The van der Waals surface area contributed by atoms with Crippen LogP contribution in [-0.2, 0) is 13.0 Å². The number of fused-ring (bicyclic) bond motifs is 1. The van der Waals surface area contributed by atoms with Gasteiger partial charge < -0.3 is 14.4 Å². The Morgan fingerprint density at radius 3 is 2.69 bits per heavy atom. The number of amides is 1. The summed E-state index contributed by atoms with van der Waals surface area (Å²) in [5.74, 6) is -3.56. The van der Waals surface area contributed by atoms with E-state index in [0.717, 1.165) is 17.7 Å². The molecule has 2 aromatic heterocycles. The minimum absolute atomic E-state index is 0.0554. The lowest BCUT2D eigenvalue weighted by molar-refractivity contribution is 0.0678. The summed E-state index contributed by atoms with van der Waals surface area (Å²) in [7, 11) is 1.63. The fourth-order valence-electron chi connectivity index (χ4n) is 3.62. The Bertz CT molecular complexity index is 1250. The number of furan rings is 1. The molecule has 10 heteroatoms. The van der Waals surface area contributed by atoms with Gasteiger partial charge in [0.15, 0.2) is 17.2 Å². The van der Waals surface area contributed by atoms with Crippen molar-refractivity contribution < 1.29 is 27.9 Å². The second kappa shape index (κ2) is 8.29. The molecule has 0 saturated carbocycles. The Hall–Kier alpha value is -3.95. The second-order valence-corrected chi connectivity index (χ2v) is 7.51. The molecule has 3 aromatic rings. The maximum absolute atomic E-state index is 13.8. The lowest BCUT2D eigenvalue weighted by Crippen LogP contribution is -2.52. The summed E-state index contributed by atoms with van der Waals surface area (Å²) in [5.41, 5.74) is -0.691. The number of nitrogens with zero attached hydrogens (tertiary/aromatic N) is 3. The van der Waals surface area contributed by atoms with Crippen LogP contribution >= 0.6 is 0 Å². The third-order valence-corrected chi connectivity index (χ3v) is 5.29. The highest BCUT2D eigenvalue weighted by Crippen LogP contribution is 2.23. The summed E-state index contributed by atoms with van der Waals surface area (Å²) in [5, 5.41) is 12.0. The molecule has 0 fully saturated rings. The number of benzene rings is 1. The van der Waals surface area contributed by atoms with Crippen molar-refractivity contribution in [2.75, 3.05) is 18.7 Å². The molecule has 0 radical (unpaired) electrons. The van der Waals surface area contributed by atoms with Crippen molar-refractivity contribution in [2.24, 2.45) is 0 Å². The molecule has 0 saturated heterocycles. The maximum atomic E-state index is 13.8. The summed E-state index contributed by atoms with van der Waals surface area (Å²) < 4.78 is 33.1. The number of ketones is 1. The number of hydrogen-bond acceptors (Lipinski definition) is 6. The fourth-order valence-corrected chi connectivity index (χ4v) is 3.62. The molecule has 8 nitrogen and oxygen atoms in total. The Balaban J connectivity index is 1.60. The van der Waals surface area contributed by atoms with Gasteiger partial charge in [-0.05, 0) is 24.1 Å². The van der Waals surface area contributed by atoms with Crippen molar-refractivity contribution in [2.45, 2.75) is 19.4 Å². The van der Waals surface area contributed by atoms with Gasteiger partial charge in [-0.3, -0.25) is 24.1 Å². The van der Waals surface area contributed by atoms with Crippen LogP contribution in [0.15, 0.2) is 52.2 Å². The number of aromatic nitrogens is 1. The number of pyridine rings is 1. The van der Waals surface area contributed by atoms with Crippen molar-refractivity contribution >= 4 is 11.7 Å². The van der Waals surface area contributed by atoms with Gasteiger partial charge in [0.2, 0.25) is 5.43 Å². The first-order valence-corrected chi connectivity index (χ1v) is 9.73. The van der Waals surface area contributed by atoms with Gasteiger partial charge in [0, 0.05) is 31.3 Å². The molecule has 3 heterocycles. The highest BCUT2D eigenvalue weighted by atomic mass is 19.1. The van der Waals surface area contributed by atoms with E-state index >= 15 is 0 Å². The van der Waals surface area contributed by atoms with Crippen molar-refractivity contribution in [3.8, 4) is 5.75 Å². The number of hydrogen-bond donors (Lipinski definition) is 1. The van der Waals surface area contributed by atoms with Crippen molar-refractivity contribution in [1.29, 1.82) is 0 Å². The summed E-state index contributed by atoms with van der Waals surface area (Å²) in [6.45, 7) is 0.338. The van der Waals surface area contributed by atoms with E-state index in [1.165, 1.54) is 34.4 Å². The van der Waals surface area contributed by atoms with E-state index < -0.39 is 34.5 Å². The Morgan fingerprint density at radius 1 is 1.22 bits per heavy atom. The van der Waals surface area contributed by atoms with Gasteiger partial charge in [-0.2, -0.15) is 0 Å². The highest BCUT2D eigenvalue weighted by molar-refractivity contribution is 6.00. The maximum Gasteiger partial charge on any atom is 0.278 e. The Kier molecular flexibility index (Phi) is 5.52. The number of carbonyl (C=O) groups is 2. The molecule has 1 amide bonds. The third kappa shape index (κ3) is 3.86. The van der Waals surface area contributed by atoms with Gasteiger partial charge in [0.25, 0.3) is 5.91 Å². The molecule has 32 heavy (non-hydrogen) atoms. The van der Waals surface area contributed by atoms with Crippen LogP contribution in [0.25, 0.3) is 0 Å². The van der Waals surface area contributed by atoms with Crippen LogP contribution in [0.5, 0.6) is 5.75 Å². The van der Waals surface area contributed by atoms with Crippen LogP contribution in [0.4, 0.5) is 8.78 Å². The summed E-state index contributed by atoms with van der Waals surface area (Å²) in [4.78, 5) is 39.7. The summed E-state index contributed by atoms with van der Waals surface area (Å²) in [6.07, 6.45) is 3.87. The van der Waals surface area contributed by atoms with Crippen molar-refractivity contribution in [1.82, 2.24) is 9.58 Å². The van der Waals surface area contributed by atoms with Crippen LogP contribution in [0.2, 0.25) is 0 Å². The number of aromatic hydroxyl groups is 1. The zero-order valence-electron chi connectivity index (χ0n) is 17.0. The van der Waals surface area contributed by atoms with E-state index in [0.29, 0.717) is 0 Å². The zero-order valence-corrected chi connectivity index (χ0v) is 17.0. The lowest BCUT2D eigenvalue weighted by Gasteiger charge is -2.37.